The van der Waals surface area contributed by atoms with Gasteiger partial charge in [0.25, 0.3) is 0 Å². The minimum Gasteiger partial charge on any atom is -0.431 e. The normalized spacial score (nSPS) is 43.6. The van der Waals surface area contributed by atoms with Crippen LogP contribution in [0.5, 0.6) is 0 Å². The monoisotopic (exact) mass is 539 g/mol. The van der Waals surface area contributed by atoms with Crippen LogP contribution >= 0.6 is 0 Å². The summed E-state index contributed by atoms with van der Waals surface area (Å²) >= 11 is 0. The Bertz CT molecular complexity index is 1100. The van der Waals surface area contributed by atoms with E-state index in [2.05, 4.69) is 24.5 Å². The minimum absolute atomic E-state index is 0.0827. The molecule has 1 aromatic rings. The lowest BCUT2D eigenvalue weighted by atomic mass is 9.43. The summed E-state index contributed by atoms with van der Waals surface area (Å²) < 4.78 is 5.24. The predicted octanol–water partition coefficient (Wildman–Crippen LogP) is 4.89. The number of carbonyl (C=O) groups is 1. The summed E-state index contributed by atoms with van der Waals surface area (Å²) in [5, 5.41) is 19.1. The van der Waals surface area contributed by atoms with Gasteiger partial charge in [0.05, 0.1) is 11.9 Å². The van der Waals surface area contributed by atoms with Crippen LogP contribution in [0, 0.1) is 34.5 Å². The van der Waals surface area contributed by atoms with E-state index in [0.29, 0.717) is 29.7 Å². The molecule has 1 saturated heterocycles. The molecule has 0 bridgehead atoms. The Morgan fingerprint density at radius 2 is 1.95 bits per heavy atom. The first-order chi connectivity index (χ1) is 18.7. The third kappa shape index (κ3) is 4.46. The van der Waals surface area contributed by atoms with E-state index in [1.165, 1.54) is 18.9 Å². The van der Waals surface area contributed by atoms with Crippen molar-refractivity contribution in [1.82, 2.24) is 15.5 Å². The number of hydrogen-bond acceptors (Lipinski definition) is 5. The Morgan fingerprint density at radius 3 is 2.69 bits per heavy atom. The first kappa shape index (κ1) is 27.3. The van der Waals surface area contributed by atoms with Crippen molar-refractivity contribution in [2.24, 2.45) is 34.5 Å². The molecule has 0 radical (unpaired) electrons. The highest BCUT2D eigenvalue weighted by molar-refractivity contribution is 5.74. The van der Waals surface area contributed by atoms with E-state index in [1.54, 1.807) is 6.26 Å². The van der Waals surface area contributed by atoms with Crippen LogP contribution in [0.3, 0.4) is 0 Å². The summed E-state index contributed by atoms with van der Waals surface area (Å²) in [6, 6.07) is 3.82. The highest BCUT2D eigenvalue weighted by Gasteiger charge is 2.67. The third-order valence-corrected chi connectivity index (χ3v) is 12.8. The fourth-order valence-corrected chi connectivity index (χ4v) is 10.3. The van der Waals surface area contributed by atoms with E-state index < -0.39 is 5.60 Å². The largest absolute Gasteiger partial charge is 0.431 e. The van der Waals surface area contributed by atoms with E-state index >= 15 is 0 Å². The molecule has 7 nitrogen and oxygen atoms in total. The number of carbonyl (C=O) groups excluding carboxylic acids is 1. The number of amides is 2. The SMILES string of the molecule is CN(C(=O)NCC1CCCNC1)[C@H]1CC[C@@]2(C)[C@H](CC[C@@H]3[C@@H]2CC[C@]2(C)[C@@H](c4ccc(=O)oc4)CC[C@]32O)C1. The van der Waals surface area contributed by atoms with Gasteiger partial charge in [-0.05, 0) is 130 Å². The molecule has 5 aliphatic rings. The van der Waals surface area contributed by atoms with Crippen molar-refractivity contribution in [3.8, 4) is 0 Å². The van der Waals surface area contributed by atoms with Gasteiger partial charge in [0.1, 0.15) is 0 Å². The lowest BCUT2D eigenvalue weighted by molar-refractivity contribution is -0.203. The molecule has 4 saturated carbocycles. The van der Waals surface area contributed by atoms with Crippen LogP contribution in [0.25, 0.3) is 0 Å². The molecule has 2 heterocycles. The molecular weight excluding hydrogens is 490 g/mol. The zero-order valence-electron chi connectivity index (χ0n) is 24.2. The van der Waals surface area contributed by atoms with Crippen molar-refractivity contribution < 1.29 is 14.3 Å². The summed E-state index contributed by atoms with van der Waals surface area (Å²) in [5.74, 6) is 2.22. The number of piperidine rings is 1. The van der Waals surface area contributed by atoms with Gasteiger partial charge in [0.2, 0.25) is 0 Å². The second-order valence-corrected chi connectivity index (χ2v) is 14.3. The summed E-state index contributed by atoms with van der Waals surface area (Å²) in [6.45, 7) is 7.67. The quantitative estimate of drug-likeness (QED) is 0.506. The zero-order valence-corrected chi connectivity index (χ0v) is 24.2. The van der Waals surface area contributed by atoms with E-state index in [4.69, 9.17) is 4.42 Å². The maximum Gasteiger partial charge on any atom is 0.335 e. The number of nitrogens with one attached hydrogen (secondary N) is 2. The van der Waals surface area contributed by atoms with Crippen LogP contribution < -0.4 is 16.3 Å². The molecule has 0 spiro atoms. The van der Waals surface area contributed by atoms with Crippen molar-refractivity contribution in [2.75, 3.05) is 26.7 Å². The second kappa shape index (κ2) is 10.2. The maximum absolute atomic E-state index is 13.1. The first-order valence-electron chi connectivity index (χ1n) is 15.7. The van der Waals surface area contributed by atoms with Gasteiger partial charge in [-0.25, -0.2) is 9.59 Å². The van der Waals surface area contributed by atoms with Gasteiger partial charge in [-0.2, -0.15) is 0 Å². The maximum atomic E-state index is 13.1. The fraction of sp³-hybridized carbons (Fsp3) is 0.812. The standard InChI is InChI=1S/C32H49N3O4/c1-30-13-10-24(35(3)29(37)34-19-21-5-4-16-33-18-21)17-23(30)7-8-27-26(30)11-14-31(2)25(12-15-32(27,31)38)22-6-9-28(36)39-20-22/h6,9,20-21,23-27,33,38H,4-5,7-8,10-19H2,1-3H3,(H,34,37)/t21?,23-,24+,25-,26+,27-,30+,31-,32+/m1/s1. The smallest absolute Gasteiger partial charge is 0.335 e. The van der Waals surface area contributed by atoms with Gasteiger partial charge in [0, 0.05) is 31.1 Å². The lowest BCUT2D eigenvalue weighted by Crippen LogP contribution is -2.62. The molecule has 7 heteroatoms. The lowest BCUT2D eigenvalue weighted by Gasteiger charge is -2.64. The average Bonchev–Trinajstić information content (AvgIpc) is 3.23. The third-order valence-electron chi connectivity index (χ3n) is 12.8. The molecule has 9 atom stereocenters. The molecule has 216 valence electrons. The molecular formula is C32H49N3O4. The van der Waals surface area contributed by atoms with Crippen molar-refractivity contribution >= 4 is 6.03 Å². The van der Waals surface area contributed by atoms with Gasteiger partial charge in [0.15, 0.2) is 0 Å². The predicted molar refractivity (Wildman–Crippen MR) is 151 cm³/mol. The van der Waals surface area contributed by atoms with Gasteiger partial charge < -0.3 is 25.1 Å². The van der Waals surface area contributed by atoms with Crippen LogP contribution in [0.4, 0.5) is 4.79 Å². The molecule has 3 N–H and O–H groups in total. The first-order valence-corrected chi connectivity index (χ1v) is 15.7. The van der Waals surface area contributed by atoms with Gasteiger partial charge in [-0.15, -0.1) is 0 Å². The number of nitrogens with zero attached hydrogens (tertiary/aromatic N) is 1. The van der Waals surface area contributed by atoms with Gasteiger partial charge >= 0.3 is 11.7 Å². The van der Waals surface area contributed by atoms with Crippen molar-refractivity contribution in [1.29, 1.82) is 0 Å². The molecule has 1 aromatic heterocycles. The molecule has 0 aromatic carbocycles. The van der Waals surface area contributed by atoms with Crippen LogP contribution in [-0.2, 0) is 0 Å². The topological polar surface area (TPSA) is 94.8 Å². The molecule has 1 aliphatic heterocycles. The Kier molecular flexibility index (Phi) is 7.15. The fourth-order valence-electron chi connectivity index (χ4n) is 10.3. The van der Waals surface area contributed by atoms with E-state index in [-0.39, 0.29) is 28.4 Å². The zero-order chi connectivity index (χ0) is 27.4. The Labute approximate surface area is 233 Å². The molecule has 4 aliphatic carbocycles. The summed E-state index contributed by atoms with van der Waals surface area (Å²) in [6.07, 6.45) is 13.4. The molecule has 39 heavy (non-hydrogen) atoms. The van der Waals surface area contributed by atoms with E-state index in [1.807, 2.05) is 18.0 Å². The average molecular weight is 540 g/mol. The summed E-state index contributed by atoms with van der Waals surface area (Å²) in [4.78, 5) is 26.6. The number of hydrogen-bond donors (Lipinski definition) is 3. The van der Waals surface area contributed by atoms with Crippen LogP contribution in [0.1, 0.15) is 96.0 Å². The number of fused-ring (bicyclic) bond motifs is 5. The minimum atomic E-state index is -0.674. The molecule has 5 fully saturated rings. The highest BCUT2D eigenvalue weighted by atomic mass is 16.4. The Hall–Kier alpha value is -1.86. The van der Waals surface area contributed by atoms with Gasteiger partial charge in [-0.1, -0.05) is 13.8 Å². The summed E-state index contributed by atoms with van der Waals surface area (Å²) in [7, 11) is 1.99. The summed E-state index contributed by atoms with van der Waals surface area (Å²) in [5.41, 5.74) is 0.103. The van der Waals surface area contributed by atoms with E-state index in [9.17, 15) is 14.7 Å². The van der Waals surface area contributed by atoms with Crippen LogP contribution in [0.15, 0.2) is 27.6 Å². The Morgan fingerprint density at radius 1 is 1.10 bits per heavy atom. The Balaban J connectivity index is 1.12. The van der Waals surface area contributed by atoms with Gasteiger partial charge in [-0.3, -0.25) is 0 Å². The van der Waals surface area contributed by atoms with Crippen molar-refractivity contribution in [3.63, 3.8) is 0 Å². The molecule has 6 rings (SSSR count). The van der Waals surface area contributed by atoms with Crippen molar-refractivity contribution in [2.45, 2.75) is 102 Å². The second-order valence-electron chi connectivity index (χ2n) is 14.3. The number of urea groups is 1. The number of rotatable bonds is 4. The van der Waals surface area contributed by atoms with Crippen molar-refractivity contribution in [3.05, 3.63) is 34.4 Å². The molecule has 2 amide bonds. The van der Waals surface area contributed by atoms with E-state index in [0.717, 1.165) is 83.0 Å². The highest BCUT2D eigenvalue weighted by Crippen LogP contribution is 2.70. The molecule has 1 unspecified atom stereocenters. The van der Waals surface area contributed by atoms with Crippen LogP contribution in [-0.4, -0.2) is 54.4 Å². The number of aliphatic hydroxyl groups is 1. The van der Waals surface area contributed by atoms with Crippen LogP contribution in [0.2, 0.25) is 0 Å².